The van der Waals surface area contributed by atoms with Crippen molar-refractivity contribution in [2.75, 3.05) is 7.11 Å². The molecule has 0 unspecified atom stereocenters. The van der Waals surface area contributed by atoms with Gasteiger partial charge in [-0.25, -0.2) is 4.68 Å². The third-order valence-corrected chi connectivity index (χ3v) is 4.44. The van der Waals surface area contributed by atoms with E-state index < -0.39 is 0 Å². The molecule has 0 saturated heterocycles. The second-order valence-corrected chi connectivity index (χ2v) is 5.76. The highest BCUT2D eigenvalue weighted by molar-refractivity contribution is 5.30. The Balaban J connectivity index is 1.94. The molecule has 1 atom stereocenters. The van der Waals surface area contributed by atoms with E-state index in [9.17, 15) is 0 Å². The monoisotopic (exact) mass is 265 g/mol. The predicted molar refractivity (Wildman–Crippen MR) is 77.4 cm³/mol. The van der Waals surface area contributed by atoms with Gasteiger partial charge < -0.3 is 10.1 Å². The van der Waals surface area contributed by atoms with E-state index in [1.54, 1.807) is 7.11 Å². The van der Waals surface area contributed by atoms with Gasteiger partial charge in [0.15, 0.2) is 0 Å². The van der Waals surface area contributed by atoms with Crippen molar-refractivity contribution in [2.45, 2.75) is 58.5 Å². The standard InChI is InChI=1S/C15H27N3O/c1-11(13-8-6-5-7-9-13)16-10-14-12(2)17-18(3)15(14)19-4/h11,13,16H,5-10H2,1-4H3/t11-/m0/s1. The van der Waals surface area contributed by atoms with Crippen LogP contribution in [0.15, 0.2) is 0 Å². The molecule has 1 N–H and O–H groups in total. The average molecular weight is 265 g/mol. The lowest BCUT2D eigenvalue weighted by Gasteiger charge is -2.28. The summed E-state index contributed by atoms with van der Waals surface area (Å²) in [6.07, 6.45) is 6.95. The molecule has 0 aromatic carbocycles. The Hall–Kier alpha value is -1.03. The molecule has 19 heavy (non-hydrogen) atoms. The van der Waals surface area contributed by atoms with E-state index in [4.69, 9.17) is 4.74 Å². The molecule has 1 aliphatic carbocycles. The van der Waals surface area contributed by atoms with Gasteiger partial charge in [0, 0.05) is 19.6 Å². The Morgan fingerprint density at radius 1 is 1.37 bits per heavy atom. The molecule has 1 aromatic heterocycles. The minimum absolute atomic E-state index is 0.574. The summed E-state index contributed by atoms with van der Waals surface area (Å²) in [5.41, 5.74) is 2.25. The predicted octanol–water partition coefficient (Wildman–Crippen LogP) is 2.80. The van der Waals surface area contributed by atoms with Crippen LogP contribution in [0.4, 0.5) is 0 Å². The molecule has 0 bridgehead atoms. The highest BCUT2D eigenvalue weighted by Gasteiger charge is 2.21. The number of rotatable bonds is 5. The topological polar surface area (TPSA) is 39.1 Å². The van der Waals surface area contributed by atoms with E-state index in [-0.39, 0.29) is 0 Å². The molecule has 108 valence electrons. The molecular formula is C15H27N3O. The lowest BCUT2D eigenvalue weighted by molar-refractivity contribution is 0.279. The third kappa shape index (κ3) is 3.30. The summed E-state index contributed by atoms with van der Waals surface area (Å²) in [4.78, 5) is 0. The Labute approximate surface area is 116 Å². The third-order valence-electron chi connectivity index (χ3n) is 4.44. The van der Waals surface area contributed by atoms with Gasteiger partial charge in [0.1, 0.15) is 0 Å². The first kappa shape index (κ1) is 14.4. The lowest BCUT2D eigenvalue weighted by atomic mass is 9.84. The second kappa shape index (κ2) is 6.42. The van der Waals surface area contributed by atoms with E-state index in [2.05, 4.69) is 17.3 Å². The van der Waals surface area contributed by atoms with Crippen molar-refractivity contribution >= 4 is 0 Å². The van der Waals surface area contributed by atoms with Crippen LogP contribution in [0, 0.1) is 12.8 Å². The smallest absolute Gasteiger partial charge is 0.216 e. The van der Waals surface area contributed by atoms with Crippen molar-refractivity contribution in [3.63, 3.8) is 0 Å². The van der Waals surface area contributed by atoms with Crippen molar-refractivity contribution in [1.82, 2.24) is 15.1 Å². The Bertz CT molecular complexity index is 408. The quantitative estimate of drug-likeness (QED) is 0.890. The molecule has 1 saturated carbocycles. The maximum absolute atomic E-state index is 5.44. The number of aryl methyl sites for hydroxylation is 2. The van der Waals surface area contributed by atoms with E-state index in [1.807, 2.05) is 18.7 Å². The first-order chi connectivity index (χ1) is 9.13. The van der Waals surface area contributed by atoms with Gasteiger partial charge in [0.2, 0.25) is 5.88 Å². The van der Waals surface area contributed by atoms with Crippen LogP contribution in [0.5, 0.6) is 5.88 Å². The van der Waals surface area contributed by atoms with Crippen molar-refractivity contribution in [3.05, 3.63) is 11.3 Å². The Morgan fingerprint density at radius 2 is 2.05 bits per heavy atom. The second-order valence-electron chi connectivity index (χ2n) is 5.76. The van der Waals surface area contributed by atoms with Crippen LogP contribution in [-0.4, -0.2) is 22.9 Å². The fourth-order valence-corrected chi connectivity index (χ4v) is 3.20. The average Bonchev–Trinajstić information content (AvgIpc) is 2.70. The molecule has 4 nitrogen and oxygen atoms in total. The molecule has 0 aliphatic heterocycles. The first-order valence-corrected chi connectivity index (χ1v) is 7.43. The molecule has 2 rings (SSSR count). The van der Waals surface area contributed by atoms with Gasteiger partial charge in [-0.3, -0.25) is 0 Å². The van der Waals surface area contributed by atoms with Crippen LogP contribution >= 0.6 is 0 Å². The van der Waals surface area contributed by atoms with Crippen molar-refractivity contribution in [3.8, 4) is 5.88 Å². The van der Waals surface area contributed by atoms with E-state index in [0.29, 0.717) is 6.04 Å². The molecule has 1 fully saturated rings. The largest absolute Gasteiger partial charge is 0.481 e. The van der Waals surface area contributed by atoms with Gasteiger partial charge in [-0.2, -0.15) is 5.10 Å². The maximum atomic E-state index is 5.44. The van der Waals surface area contributed by atoms with E-state index >= 15 is 0 Å². The summed E-state index contributed by atoms with van der Waals surface area (Å²) in [6.45, 7) is 5.21. The van der Waals surface area contributed by atoms with Gasteiger partial charge in [-0.15, -0.1) is 0 Å². The maximum Gasteiger partial charge on any atom is 0.216 e. The van der Waals surface area contributed by atoms with Gasteiger partial charge in [0.05, 0.1) is 18.4 Å². The summed E-state index contributed by atoms with van der Waals surface area (Å²) in [7, 11) is 3.64. The number of nitrogens with zero attached hydrogens (tertiary/aromatic N) is 2. The van der Waals surface area contributed by atoms with Crippen LogP contribution in [0.2, 0.25) is 0 Å². The first-order valence-electron chi connectivity index (χ1n) is 7.43. The number of methoxy groups -OCH3 is 1. The van der Waals surface area contributed by atoms with Crippen molar-refractivity contribution in [2.24, 2.45) is 13.0 Å². The van der Waals surface area contributed by atoms with Gasteiger partial charge in [-0.05, 0) is 32.6 Å². The molecule has 0 spiro atoms. The van der Waals surface area contributed by atoms with Crippen LogP contribution in [-0.2, 0) is 13.6 Å². The van der Waals surface area contributed by atoms with E-state index in [0.717, 1.165) is 24.0 Å². The normalized spacial score (nSPS) is 18.5. The minimum Gasteiger partial charge on any atom is -0.481 e. The fraction of sp³-hybridized carbons (Fsp3) is 0.800. The molecule has 1 heterocycles. The highest BCUT2D eigenvalue weighted by Crippen LogP contribution is 2.27. The van der Waals surface area contributed by atoms with Crippen LogP contribution in [0.1, 0.15) is 50.3 Å². The molecular weight excluding hydrogens is 238 g/mol. The van der Waals surface area contributed by atoms with E-state index in [1.165, 1.54) is 37.7 Å². The highest BCUT2D eigenvalue weighted by atomic mass is 16.5. The Morgan fingerprint density at radius 3 is 2.68 bits per heavy atom. The summed E-state index contributed by atoms with van der Waals surface area (Å²) in [5.74, 6) is 1.71. The van der Waals surface area contributed by atoms with Crippen molar-refractivity contribution in [1.29, 1.82) is 0 Å². The number of nitrogens with one attached hydrogen (secondary N) is 1. The van der Waals surface area contributed by atoms with Crippen molar-refractivity contribution < 1.29 is 4.74 Å². The molecule has 0 amide bonds. The fourth-order valence-electron chi connectivity index (χ4n) is 3.20. The number of aromatic nitrogens is 2. The zero-order chi connectivity index (χ0) is 13.8. The SMILES string of the molecule is COc1c(CN[C@@H](C)C2CCCCC2)c(C)nn1C. The Kier molecular flexibility index (Phi) is 4.86. The molecule has 1 aliphatic rings. The lowest BCUT2D eigenvalue weighted by Crippen LogP contribution is -2.34. The number of hydrogen-bond donors (Lipinski definition) is 1. The van der Waals surface area contributed by atoms with Gasteiger partial charge in [0.25, 0.3) is 0 Å². The zero-order valence-corrected chi connectivity index (χ0v) is 12.7. The van der Waals surface area contributed by atoms with Gasteiger partial charge >= 0.3 is 0 Å². The molecule has 1 aromatic rings. The zero-order valence-electron chi connectivity index (χ0n) is 12.7. The summed E-state index contributed by atoms with van der Waals surface area (Å²) >= 11 is 0. The molecule has 4 heteroatoms. The number of ether oxygens (including phenoxy) is 1. The number of hydrogen-bond acceptors (Lipinski definition) is 3. The van der Waals surface area contributed by atoms with Crippen LogP contribution in [0.25, 0.3) is 0 Å². The molecule has 0 radical (unpaired) electrons. The van der Waals surface area contributed by atoms with Crippen LogP contribution in [0.3, 0.4) is 0 Å². The van der Waals surface area contributed by atoms with Gasteiger partial charge in [-0.1, -0.05) is 19.3 Å². The summed E-state index contributed by atoms with van der Waals surface area (Å²) < 4.78 is 7.25. The summed E-state index contributed by atoms with van der Waals surface area (Å²) in [5, 5.41) is 8.09. The van der Waals surface area contributed by atoms with Crippen LogP contribution < -0.4 is 10.1 Å². The summed E-state index contributed by atoms with van der Waals surface area (Å²) in [6, 6.07) is 0.574. The minimum atomic E-state index is 0.574.